The average Bonchev–Trinajstić information content (AvgIpc) is 3.61. The first-order valence-electron chi connectivity index (χ1n) is 11.2. The smallest absolute Gasteiger partial charge is 0.332 e. The van der Waals surface area contributed by atoms with Crippen LogP contribution in [0.2, 0.25) is 0 Å². The van der Waals surface area contributed by atoms with Gasteiger partial charge >= 0.3 is 5.69 Å². The van der Waals surface area contributed by atoms with Crippen molar-refractivity contribution in [2.45, 2.75) is 26.3 Å². The fraction of sp³-hybridized carbons (Fsp3) is 0.455. The molecule has 5 rings (SSSR count). The molecule has 0 spiro atoms. The molecule has 34 heavy (non-hydrogen) atoms. The molecule has 0 bridgehead atoms. The summed E-state index contributed by atoms with van der Waals surface area (Å²) in [4.78, 5) is 59.4. The molecule has 1 aliphatic carbocycles. The van der Waals surface area contributed by atoms with E-state index in [0.717, 1.165) is 17.4 Å². The number of amides is 2. The van der Waals surface area contributed by atoms with Gasteiger partial charge in [-0.1, -0.05) is 5.16 Å². The molecule has 1 N–H and O–H groups in total. The second-order valence-electron chi connectivity index (χ2n) is 8.72. The Labute approximate surface area is 193 Å². The lowest BCUT2D eigenvalue weighted by atomic mass is 10.2. The summed E-state index contributed by atoms with van der Waals surface area (Å²) in [6.45, 7) is 3.46. The Kier molecular flexibility index (Phi) is 5.42. The predicted molar refractivity (Wildman–Crippen MR) is 123 cm³/mol. The molecule has 2 amide bonds. The molecule has 0 unspecified atom stereocenters. The predicted octanol–water partition coefficient (Wildman–Crippen LogP) is 0.0889. The van der Waals surface area contributed by atoms with Gasteiger partial charge in [-0.15, -0.1) is 0 Å². The molecule has 12 nitrogen and oxygen atoms in total. The number of piperazine rings is 1. The van der Waals surface area contributed by atoms with E-state index in [2.05, 4.69) is 15.5 Å². The Morgan fingerprint density at radius 3 is 2.56 bits per heavy atom. The van der Waals surface area contributed by atoms with Crippen LogP contribution in [-0.2, 0) is 23.2 Å². The van der Waals surface area contributed by atoms with E-state index in [-0.39, 0.29) is 28.7 Å². The molecule has 1 saturated heterocycles. The fourth-order valence-electron chi connectivity index (χ4n) is 4.30. The summed E-state index contributed by atoms with van der Waals surface area (Å²) in [5.41, 5.74) is -0.365. The Morgan fingerprint density at radius 2 is 1.91 bits per heavy atom. The Bertz CT molecular complexity index is 1390. The summed E-state index contributed by atoms with van der Waals surface area (Å²) in [7, 11) is 1.52. The lowest BCUT2D eigenvalue weighted by Crippen LogP contribution is -2.50. The lowest BCUT2D eigenvalue weighted by molar-refractivity contribution is -0.132. The maximum atomic E-state index is 13.4. The highest BCUT2D eigenvalue weighted by molar-refractivity contribution is 5.91. The standard InChI is InChI=1S/C22H25N7O5/c1-13-11-16(25-34-13)24-17(30)12-29-21(32)18-15(5-6-23-19(18)26(2)22(29)33)27-7-9-28(10-8-27)20(31)14-3-4-14/h5-6,11,14H,3-4,7-10,12H2,1-2H3,(H,24,25,30). The molecule has 1 aliphatic heterocycles. The van der Waals surface area contributed by atoms with Gasteiger partial charge in [-0.05, 0) is 25.8 Å². The number of aromatic nitrogens is 4. The van der Waals surface area contributed by atoms with Gasteiger partial charge in [0, 0.05) is 51.4 Å². The van der Waals surface area contributed by atoms with Crippen LogP contribution in [0.15, 0.2) is 32.4 Å². The van der Waals surface area contributed by atoms with E-state index in [4.69, 9.17) is 4.52 Å². The molecule has 3 aromatic rings. The highest BCUT2D eigenvalue weighted by atomic mass is 16.5. The number of hydrogen-bond acceptors (Lipinski definition) is 8. The first-order valence-corrected chi connectivity index (χ1v) is 11.2. The number of fused-ring (bicyclic) bond motifs is 1. The zero-order valence-electron chi connectivity index (χ0n) is 19.0. The zero-order chi connectivity index (χ0) is 24.0. The molecule has 178 valence electrons. The summed E-state index contributed by atoms with van der Waals surface area (Å²) in [5.74, 6) is 0.516. The van der Waals surface area contributed by atoms with Gasteiger partial charge in [0.1, 0.15) is 17.7 Å². The van der Waals surface area contributed by atoms with Crippen molar-refractivity contribution in [1.82, 2.24) is 24.2 Å². The highest BCUT2D eigenvalue weighted by Gasteiger charge is 2.35. The second-order valence-corrected chi connectivity index (χ2v) is 8.72. The van der Waals surface area contributed by atoms with E-state index in [1.807, 2.05) is 9.80 Å². The minimum absolute atomic E-state index is 0.169. The van der Waals surface area contributed by atoms with E-state index in [1.54, 1.807) is 19.2 Å². The van der Waals surface area contributed by atoms with Crippen LogP contribution in [0.25, 0.3) is 11.0 Å². The first kappa shape index (κ1) is 21.9. The van der Waals surface area contributed by atoms with E-state index in [9.17, 15) is 19.2 Å². The maximum absolute atomic E-state index is 13.4. The number of nitrogens with zero attached hydrogens (tertiary/aromatic N) is 6. The van der Waals surface area contributed by atoms with Gasteiger partial charge in [0.05, 0.1) is 5.69 Å². The van der Waals surface area contributed by atoms with Gasteiger partial charge in [-0.25, -0.2) is 9.78 Å². The number of rotatable bonds is 5. The van der Waals surface area contributed by atoms with Crippen LogP contribution in [0.3, 0.4) is 0 Å². The highest BCUT2D eigenvalue weighted by Crippen LogP contribution is 2.32. The zero-order valence-corrected chi connectivity index (χ0v) is 19.0. The monoisotopic (exact) mass is 467 g/mol. The summed E-state index contributed by atoms with van der Waals surface area (Å²) < 4.78 is 7.08. The number of hydrogen-bond donors (Lipinski definition) is 1. The van der Waals surface area contributed by atoms with E-state index in [1.165, 1.54) is 17.7 Å². The summed E-state index contributed by atoms with van der Waals surface area (Å²) >= 11 is 0. The van der Waals surface area contributed by atoms with Crippen molar-refractivity contribution < 1.29 is 14.1 Å². The van der Waals surface area contributed by atoms with Crippen molar-refractivity contribution in [1.29, 1.82) is 0 Å². The quantitative estimate of drug-likeness (QED) is 0.558. The number of nitrogens with one attached hydrogen (secondary N) is 1. The average molecular weight is 467 g/mol. The van der Waals surface area contributed by atoms with Gasteiger partial charge in [-0.3, -0.25) is 23.5 Å². The summed E-state index contributed by atoms with van der Waals surface area (Å²) in [5, 5.41) is 6.48. The van der Waals surface area contributed by atoms with Gasteiger partial charge in [0.15, 0.2) is 11.5 Å². The molecule has 1 saturated carbocycles. The molecule has 2 aliphatic rings. The van der Waals surface area contributed by atoms with Gasteiger partial charge < -0.3 is 19.6 Å². The minimum Gasteiger partial charge on any atom is -0.367 e. The molecule has 4 heterocycles. The third-order valence-corrected chi connectivity index (χ3v) is 6.26. The summed E-state index contributed by atoms with van der Waals surface area (Å²) in [6.07, 6.45) is 3.49. The number of pyridine rings is 1. The van der Waals surface area contributed by atoms with Crippen molar-refractivity contribution in [3.63, 3.8) is 0 Å². The van der Waals surface area contributed by atoms with E-state index in [0.29, 0.717) is 37.6 Å². The van der Waals surface area contributed by atoms with Crippen molar-refractivity contribution in [2.75, 3.05) is 36.4 Å². The summed E-state index contributed by atoms with van der Waals surface area (Å²) in [6, 6.07) is 3.27. The third kappa shape index (κ3) is 3.95. The Morgan fingerprint density at radius 1 is 1.18 bits per heavy atom. The van der Waals surface area contributed by atoms with E-state index >= 15 is 0 Å². The largest absolute Gasteiger partial charge is 0.367 e. The third-order valence-electron chi connectivity index (χ3n) is 6.26. The molecule has 2 fully saturated rings. The number of carbonyl (C=O) groups excluding carboxylic acids is 2. The lowest BCUT2D eigenvalue weighted by Gasteiger charge is -2.36. The minimum atomic E-state index is -0.645. The van der Waals surface area contributed by atoms with E-state index < -0.39 is 23.7 Å². The van der Waals surface area contributed by atoms with Crippen LogP contribution in [0.5, 0.6) is 0 Å². The van der Waals surface area contributed by atoms with Crippen molar-refractivity contribution in [3.8, 4) is 0 Å². The maximum Gasteiger partial charge on any atom is 0.332 e. The first-order chi connectivity index (χ1) is 16.3. The Hall–Kier alpha value is -3.96. The van der Waals surface area contributed by atoms with Gasteiger partial charge in [0.2, 0.25) is 11.8 Å². The van der Waals surface area contributed by atoms with Crippen LogP contribution in [0.1, 0.15) is 18.6 Å². The van der Waals surface area contributed by atoms with Crippen LogP contribution >= 0.6 is 0 Å². The van der Waals surface area contributed by atoms with Crippen LogP contribution < -0.4 is 21.5 Å². The van der Waals surface area contributed by atoms with Gasteiger partial charge in [-0.2, -0.15) is 0 Å². The fourth-order valence-corrected chi connectivity index (χ4v) is 4.30. The molecular formula is C22H25N7O5. The van der Waals surface area contributed by atoms with Crippen molar-refractivity contribution in [2.24, 2.45) is 13.0 Å². The second kappa shape index (κ2) is 8.43. The number of anilines is 2. The topological polar surface area (TPSA) is 136 Å². The molecule has 0 radical (unpaired) electrons. The van der Waals surface area contributed by atoms with Crippen molar-refractivity contribution >= 4 is 34.4 Å². The SMILES string of the molecule is Cc1cc(NC(=O)Cn2c(=O)c3c(N4CCN(C(=O)C5CC5)CC4)ccnc3n(C)c2=O)no1. The molecule has 0 atom stereocenters. The van der Waals surface area contributed by atoms with Gasteiger partial charge in [0.25, 0.3) is 5.56 Å². The van der Waals surface area contributed by atoms with Crippen LogP contribution in [-0.4, -0.2) is 62.2 Å². The van der Waals surface area contributed by atoms with Crippen LogP contribution in [0, 0.1) is 12.8 Å². The Balaban J connectivity index is 1.45. The van der Waals surface area contributed by atoms with Crippen LogP contribution in [0.4, 0.5) is 11.5 Å². The molecule has 3 aromatic heterocycles. The normalized spacial score (nSPS) is 16.2. The number of carbonyl (C=O) groups is 2. The molecular weight excluding hydrogens is 442 g/mol. The number of aryl methyl sites for hydroxylation is 2. The molecule has 12 heteroatoms. The molecule has 0 aromatic carbocycles. The van der Waals surface area contributed by atoms with Crippen molar-refractivity contribution in [3.05, 3.63) is 44.9 Å².